The van der Waals surface area contributed by atoms with Crippen LogP contribution in [0.4, 0.5) is 6.01 Å². The minimum Gasteiger partial charge on any atom is -0.429 e. The van der Waals surface area contributed by atoms with Crippen LogP contribution in [-0.2, 0) is 0 Å². The van der Waals surface area contributed by atoms with Gasteiger partial charge >= 0.3 is 0 Å². The van der Waals surface area contributed by atoms with E-state index in [-0.39, 0.29) is 6.01 Å². The Morgan fingerprint density at radius 3 is 2.26 bits per heavy atom. The molecule has 0 saturated carbocycles. The van der Waals surface area contributed by atoms with Gasteiger partial charge in [0, 0.05) is 5.56 Å². The zero-order valence-electron chi connectivity index (χ0n) is 10.6. The number of anilines is 1. The Morgan fingerprint density at radius 1 is 0.895 bits per heavy atom. The Labute approximate surface area is 111 Å². The van der Waals surface area contributed by atoms with Crippen LogP contribution in [0.15, 0.2) is 59.0 Å². The van der Waals surface area contributed by atoms with E-state index < -0.39 is 0 Å². The molecule has 0 unspecified atom stereocenters. The lowest BCUT2D eigenvalue weighted by molar-refractivity contribution is 0.549. The van der Waals surface area contributed by atoms with Crippen molar-refractivity contribution in [3.05, 3.63) is 60.4 Å². The number of nitrogens with zero attached hydrogens (tertiary/aromatic N) is 1. The topological polar surface area (TPSA) is 52.0 Å². The number of hydrogen-bond donors (Lipinski definition) is 1. The molecule has 0 aliphatic rings. The molecule has 0 saturated heterocycles. The van der Waals surface area contributed by atoms with Crippen molar-refractivity contribution in [3.8, 4) is 22.4 Å². The van der Waals surface area contributed by atoms with Crippen molar-refractivity contribution in [3.63, 3.8) is 0 Å². The van der Waals surface area contributed by atoms with Gasteiger partial charge in [0.15, 0.2) is 0 Å². The molecule has 0 fully saturated rings. The van der Waals surface area contributed by atoms with Gasteiger partial charge in [0.25, 0.3) is 6.01 Å². The van der Waals surface area contributed by atoms with E-state index in [4.69, 9.17) is 10.2 Å². The van der Waals surface area contributed by atoms with Crippen molar-refractivity contribution >= 4 is 6.01 Å². The fraction of sp³-hybridized carbons (Fsp3) is 0.0625. The number of hydrogen-bond acceptors (Lipinski definition) is 3. The van der Waals surface area contributed by atoms with E-state index in [0.29, 0.717) is 0 Å². The molecular formula is C16H14N2O. The molecule has 3 heteroatoms. The summed E-state index contributed by atoms with van der Waals surface area (Å²) >= 11 is 0. The van der Waals surface area contributed by atoms with Crippen LogP contribution in [0.25, 0.3) is 22.4 Å². The summed E-state index contributed by atoms with van der Waals surface area (Å²) in [6.45, 7) is 1.87. The Hall–Kier alpha value is -2.55. The molecule has 1 heterocycles. The van der Waals surface area contributed by atoms with Gasteiger partial charge in [-0.25, -0.2) is 0 Å². The van der Waals surface area contributed by atoms with Crippen molar-refractivity contribution in [1.82, 2.24) is 4.98 Å². The molecule has 94 valence electrons. The molecule has 0 radical (unpaired) electrons. The molecule has 0 aliphatic carbocycles. The summed E-state index contributed by atoms with van der Waals surface area (Å²) in [6, 6.07) is 18.7. The molecule has 19 heavy (non-hydrogen) atoms. The van der Waals surface area contributed by atoms with Gasteiger partial charge in [-0.2, -0.15) is 4.98 Å². The normalized spacial score (nSPS) is 10.6. The van der Waals surface area contributed by atoms with Gasteiger partial charge in [-0.3, -0.25) is 0 Å². The highest BCUT2D eigenvalue weighted by Crippen LogP contribution is 2.28. The first-order valence-corrected chi connectivity index (χ1v) is 6.13. The van der Waals surface area contributed by atoms with E-state index in [0.717, 1.165) is 22.6 Å². The number of benzene rings is 2. The molecule has 2 aromatic carbocycles. The van der Waals surface area contributed by atoms with Gasteiger partial charge in [0.05, 0.1) is 0 Å². The van der Waals surface area contributed by atoms with Crippen molar-refractivity contribution < 1.29 is 4.42 Å². The molecule has 0 spiro atoms. The zero-order chi connectivity index (χ0) is 13.2. The Balaban J connectivity index is 2.08. The van der Waals surface area contributed by atoms with Crippen molar-refractivity contribution in [2.45, 2.75) is 6.92 Å². The van der Waals surface area contributed by atoms with Gasteiger partial charge in [-0.05, 0) is 24.1 Å². The van der Waals surface area contributed by atoms with E-state index >= 15 is 0 Å². The lowest BCUT2D eigenvalue weighted by Crippen LogP contribution is -1.85. The van der Waals surface area contributed by atoms with Crippen molar-refractivity contribution in [1.29, 1.82) is 0 Å². The van der Waals surface area contributed by atoms with Gasteiger partial charge in [0.2, 0.25) is 0 Å². The predicted octanol–water partition coefficient (Wildman–Crippen LogP) is 3.90. The zero-order valence-corrected chi connectivity index (χ0v) is 10.6. The quantitative estimate of drug-likeness (QED) is 0.750. The third-order valence-corrected chi connectivity index (χ3v) is 3.06. The van der Waals surface area contributed by atoms with E-state index in [1.807, 2.05) is 37.3 Å². The minimum absolute atomic E-state index is 0.206. The van der Waals surface area contributed by atoms with E-state index in [1.165, 1.54) is 5.56 Å². The fourth-order valence-corrected chi connectivity index (χ4v) is 2.16. The number of nitrogens with two attached hydrogens (primary N) is 1. The largest absolute Gasteiger partial charge is 0.429 e. The van der Waals surface area contributed by atoms with Crippen molar-refractivity contribution in [2.75, 3.05) is 5.73 Å². The maximum Gasteiger partial charge on any atom is 0.292 e. The van der Waals surface area contributed by atoms with Crippen LogP contribution < -0.4 is 5.73 Å². The summed E-state index contributed by atoms with van der Waals surface area (Å²) in [5, 5.41) is 0. The van der Waals surface area contributed by atoms with Crippen LogP contribution in [0, 0.1) is 6.92 Å². The molecule has 0 aliphatic heterocycles. The van der Waals surface area contributed by atoms with E-state index in [9.17, 15) is 0 Å². The first-order chi connectivity index (χ1) is 9.24. The average Bonchev–Trinajstić information content (AvgIpc) is 2.79. The lowest BCUT2D eigenvalue weighted by Gasteiger charge is -2.04. The third kappa shape index (κ3) is 2.22. The number of aryl methyl sites for hydroxylation is 1. The van der Waals surface area contributed by atoms with Crippen LogP contribution in [0.3, 0.4) is 0 Å². The summed E-state index contributed by atoms with van der Waals surface area (Å²) in [5.41, 5.74) is 9.73. The molecule has 3 rings (SSSR count). The van der Waals surface area contributed by atoms with Gasteiger partial charge in [-0.1, -0.05) is 48.5 Å². The second kappa shape index (κ2) is 4.61. The molecule has 0 amide bonds. The maximum atomic E-state index is 5.59. The highest BCUT2D eigenvalue weighted by atomic mass is 16.4. The van der Waals surface area contributed by atoms with Crippen LogP contribution in [0.5, 0.6) is 0 Å². The Morgan fingerprint density at radius 2 is 1.58 bits per heavy atom. The standard InChI is InChI=1S/C16H14N2O/c1-11-15(18-16(17)19-11)14-9-5-8-13(10-14)12-6-3-2-4-7-12/h2-10H,1H3,(H2,17,18). The Bertz CT molecular complexity index is 702. The first-order valence-electron chi connectivity index (χ1n) is 6.13. The number of nitrogen functional groups attached to an aromatic ring is 1. The summed E-state index contributed by atoms with van der Waals surface area (Å²) in [6.07, 6.45) is 0. The average molecular weight is 250 g/mol. The first kappa shape index (κ1) is 11.5. The molecule has 0 atom stereocenters. The van der Waals surface area contributed by atoms with Crippen LogP contribution in [0.1, 0.15) is 5.76 Å². The van der Waals surface area contributed by atoms with Crippen molar-refractivity contribution in [2.24, 2.45) is 0 Å². The summed E-state index contributed by atoms with van der Waals surface area (Å²) in [4.78, 5) is 4.23. The number of rotatable bonds is 2. The number of oxazole rings is 1. The second-order valence-electron chi connectivity index (χ2n) is 4.40. The molecule has 0 bridgehead atoms. The van der Waals surface area contributed by atoms with Crippen LogP contribution >= 0.6 is 0 Å². The molecule has 1 aromatic heterocycles. The Kier molecular flexibility index (Phi) is 2.80. The molecule has 2 N–H and O–H groups in total. The fourth-order valence-electron chi connectivity index (χ4n) is 2.16. The predicted molar refractivity (Wildman–Crippen MR) is 76.5 cm³/mol. The van der Waals surface area contributed by atoms with E-state index in [1.54, 1.807) is 0 Å². The summed E-state index contributed by atoms with van der Waals surface area (Å²) < 4.78 is 5.28. The summed E-state index contributed by atoms with van der Waals surface area (Å²) in [7, 11) is 0. The van der Waals surface area contributed by atoms with Gasteiger partial charge in [-0.15, -0.1) is 0 Å². The highest BCUT2D eigenvalue weighted by molar-refractivity contribution is 5.72. The minimum atomic E-state index is 0.206. The summed E-state index contributed by atoms with van der Waals surface area (Å²) in [5.74, 6) is 0.739. The molecule has 3 aromatic rings. The lowest BCUT2D eigenvalue weighted by atomic mass is 10.0. The van der Waals surface area contributed by atoms with Crippen LogP contribution in [-0.4, -0.2) is 4.98 Å². The number of aromatic nitrogens is 1. The maximum absolute atomic E-state index is 5.59. The van der Waals surface area contributed by atoms with Gasteiger partial charge in [0.1, 0.15) is 11.5 Å². The van der Waals surface area contributed by atoms with Crippen LogP contribution in [0.2, 0.25) is 0 Å². The smallest absolute Gasteiger partial charge is 0.292 e. The van der Waals surface area contributed by atoms with Gasteiger partial charge < -0.3 is 10.2 Å². The SMILES string of the molecule is Cc1oc(N)nc1-c1cccc(-c2ccccc2)c1. The second-order valence-corrected chi connectivity index (χ2v) is 4.40. The highest BCUT2D eigenvalue weighted by Gasteiger charge is 2.10. The third-order valence-electron chi connectivity index (χ3n) is 3.06. The molecule has 3 nitrogen and oxygen atoms in total. The monoisotopic (exact) mass is 250 g/mol. The van der Waals surface area contributed by atoms with E-state index in [2.05, 4.69) is 29.2 Å². The molecular weight excluding hydrogens is 236 g/mol.